The summed E-state index contributed by atoms with van der Waals surface area (Å²) < 4.78 is 148. The van der Waals surface area contributed by atoms with Crippen molar-refractivity contribution in [2.75, 3.05) is 133 Å². The van der Waals surface area contributed by atoms with Crippen LogP contribution in [-0.2, 0) is 81.4 Å². The number of likely N-dealkylation sites (N-methyl/N-ethyl adjacent to an activating group) is 2. The van der Waals surface area contributed by atoms with Crippen LogP contribution in [0.1, 0.15) is 45.5 Å². The summed E-state index contributed by atoms with van der Waals surface area (Å²) in [4.78, 5) is 4.01. The average molecular weight is 1300 g/mol. The molecule has 82 heavy (non-hydrogen) atoms. The van der Waals surface area contributed by atoms with Gasteiger partial charge >= 0.3 is 0 Å². The van der Waals surface area contributed by atoms with Crippen molar-refractivity contribution in [3.05, 3.63) is 151 Å². The Hall–Kier alpha value is -3.42. The van der Waals surface area contributed by atoms with Crippen LogP contribution in [0.3, 0.4) is 0 Å². The van der Waals surface area contributed by atoms with E-state index in [1.807, 2.05) is 38.4 Å². The molecule has 2 atom stereocenters. The molecule has 4 N–H and O–H groups in total. The summed E-state index contributed by atoms with van der Waals surface area (Å²) in [5.74, 6) is 0. The quantitative estimate of drug-likeness (QED) is 0.0342. The van der Waals surface area contributed by atoms with Gasteiger partial charge in [-0.2, -0.15) is 0 Å². The second kappa shape index (κ2) is 31.3. The third kappa shape index (κ3) is 18.8. The topological polar surface area (TPSA) is 247 Å². The van der Waals surface area contributed by atoms with Crippen molar-refractivity contribution in [2.45, 2.75) is 44.5 Å². The molecule has 0 bridgehead atoms. The van der Waals surface area contributed by atoms with E-state index in [1.165, 1.54) is 30.3 Å². The van der Waals surface area contributed by atoms with Gasteiger partial charge in [0.25, 0.3) is 0 Å². The van der Waals surface area contributed by atoms with E-state index in [0.29, 0.717) is 20.1 Å². The zero-order chi connectivity index (χ0) is 58.9. The Morgan fingerprint density at radius 1 is 0.402 bits per heavy atom. The van der Waals surface area contributed by atoms with Crippen molar-refractivity contribution < 1.29 is 62.1 Å². The van der Waals surface area contributed by atoms with Gasteiger partial charge in [0.1, 0.15) is 0 Å². The minimum atomic E-state index is -4.09. The van der Waals surface area contributed by atoms with Crippen LogP contribution in [0.5, 0.6) is 0 Å². The molecule has 0 amide bonds. The number of hydrogen-bond acceptors (Lipinski definition) is 16. The Kier molecular flexibility index (Phi) is 25.2. The van der Waals surface area contributed by atoms with Crippen molar-refractivity contribution in [1.82, 2.24) is 28.7 Å². The summed E-state index contributed by atoms with van der Waals surface area (Å²) in [5, 5.41) is 2.18. The van der Waals surface area contributed by atoms with Crippen LogP contribution in [0.15, 0.2) is 117 Å². The fraction of sp³-hybridized carbons (Fsp3) is 0.444. The van der Waals surface area contributed by atoms with Gasteiger partial charge in [-0.3, -0.25) is 9.80 Å². The van der Waals surface area contributed by atoms with Gasteiger partial charge in [0.2, 0.25) is 40.1 Å². The maximum Gasteiger partial charge on any atom is 0.240 e. The lowest BCUT2D eigenvalue weighted by Crippen LogP contribution is -2.33. The highest BCUT2D eigenvalue weighted by Crippen LogP contribution is 2.42. The first-order chi connectivity index (χ1) is 39.2. The summed E-state index contributed by atoms with van der Waals surface area (Å²) in [7, 11) is -11.9. The lowest BCUT2D eigenvalue weighted by atomic mass is 9.88. The van der Waals surface area contributed by atoms with Gasteiger partial charge in [0.15, 0.2) is 0 Å². The summed E-state index contributed by atoms with van der Waals surface area (Å²) in [6, 6.07) is 25.2. The minimum Gasteiger partial charge on any atom is -0.378 e. The molecular weight excluding hydrogens is 1230 g/mol. The van der Waals surface area contributed by atoms with E-state index in [9.17, 15) is 33.7 Å². The Labute approximate surface area is 501 Å². The molecule has 28 heteroatoms. The third-order valence-electron chi connectivity index (χ3n) is 13.3. The number of hydrogen-bond donors (Lipinski definition) is 4. The normalized spacial score (nSPS) is 16.3. The fourth-order valence-corrected chi connectivity index (χ4v) is 15.0. The molecule has 20 nitrogen and oxygen atoms in total. The van der Waals surface area contributed by atoms with Crippen molar-refractivity contribution in [2.24, 2.45) is 0 Å². The average Bonchev–Trinajstić information content (AvgIpc) is 3.64. The van der Waals surface area contributed by atoms with Gasteiger partial charge in [-0.25, -0.2) is 52.6 Å². The molecule has 5 aromatic carbocycles. The molecule has 2 aliphatic rings. The first kappa shape index (κ1) is 66.1. The number of sulfonamides is 4. The molecular formula is C54H68Cl4N6O14S4. The molecule has 5 aromatic rings. The Balaban J connectivity index is 0.686. The molecule has 0 aromatic heterocycles. The van der Waals surface area contributed by atoms with Gasteiger partial charge in [-0.05, 0) is 127 Å². The second-order valence-electron chi connectivity index (χ2n) is 19.1. The lowest BCUT2D eigenvalue weighted by molar-refractivity contribution is 0.0167. The van der Waals surface area contributed by atoms with E-state index in [0.717, 1.165) is 65.4 Å². The Bertz CT molecular complexity index is 3190. The van der Waals surface area contributed by atoms with Crippen molar-refractivity contribution >= 4 is 86.5 Å². The summed E-state index contributed by atoms with van der Waals surface area (Å²) in [6.07, 6.45) is 1.55. The number of fused-ring (bicyclic) bond motifs is 2. The third-order valence-corrected chi connectivity index (χ3v) is 20.2. The molecule has 2 aliphatic heterocycles. The molecule has 0 saturated carbocycles. The van der Waals surface area contributed by atoms with Crippen molar-refractivity contribution in [3.8, 4) is 0 Å². The SMILES string of the molecule is CN1CCc2cc(Cl)cc(Cl)c2C1c1cccc(S(=O)(=O)NCCOCCOCCOCCNS(=O)(=O)c2cccc(S(=O)(=O)NCCOCCOCCOCCNS(=O)(=O)c3cccc(C4c5c(Cl)cc(Cl)cc5CCN4C)c3)c2)c1. The monoisotopic (exact) mass is 1290 g/mol. The van der Waals surface area contributed by atoms with Gasteiger partial charge in [-0.15, -0.1) is 0 Å². The number of ether oxygens (including phenoxy) is 6. The summed E-state index contributed by atoms with van der Waals surface area (Å²) in [5.41, 5.74) is 5.48. The molecule has 0 spiro atoms. The van der Waals surface area contributed by atoms with E-state index in [2.05, 4.69) is 28.7 Å². The predicted molar refractivity (Wildman–Crippen MR) is 314 cm³/mol. The molecule has 450 valence electrons. The van der Waals surface area contributed by atoms with E-state index >= 15 is 0 Å². The number of nitrogens with zero attached hydrogens (tertiary/aromatic N) is 2. The van der Waals surface area contributed by atoms with Crippen LogP contribution in [0.2, 0.25) is 20.1 Å². The number of halogens is 4. The molecule has 2 heterocycles. The Morgan fingerprint density at radius 3 is 1.00 bits per heavy atom. The van der Waals surface area contributed by atoms with Gasteiger partial charge in [0, 0.05) is 59.4 Å². The van der Waals surface area contributed by atoms with Crippen LogP contribution in [-0.4, -0.2) is 176 Å². The standard InChI is InChI=1S/C54H68Cl4N6O14S4/c1-63-18-12-39-32-43(55)36-49(57)51(39)53(63)41-6-3-8-45(34-41)79(65,66)59-14-20-73-24-28-77-30-26-75-22-16-61-81(69,70)47-10-5-11-48(38-47)82(71,72)62-17-23-76-27-31-78-29-25-74-21-15-60-80(67,68)46-9-4-7-42(35-46)54-52-40(13-19-64(54)2)33-44(56)37-50(52)58/h3-11,32-38,53-54,59-62H,12-31H2,1-2H3. The highest BCUT2D eigenvalue weighted by molar-refractivity contribution is 7.90. The largest absolute Gasteiger partial charge is 0.378 e. The molecule has 0 radical (unpaired) electrons. The summed E-state index contributed by atoms with van der Waals surface area (Å²) in [6.45, 7) is 3.18. The van der Waals surface area contributed by atoms with Crippen LogP contribution >= 0.6 is 46.4 Å². The predicted octanol–water partition coefficient (Wildman–Crippen LogP) is 6.07. The zero-order valence-corrected chi connectivity index (χ0v) is 51.6. The van der Waals surface area contributed by atoms with Crippen LogP contribution < -0.4 is 18.9 Å². The molecule has 0 saturated heterocycles. The van der Waals surface area contributed by atoms with E-state index in [1.54, 1.807) is 36.4 Å². The van der Waals surface area contributed by atoms with Gasteiger partial charge in [-0.1, -0.05) is 76.7 Å². The highest BCUT2D eigenvalue weighted by atomic mass is 35.5. The lowest BCUT2D eigenvalue weighted by Gasteiger charge is -2.36. The fourth-order valence-electron chi connectivity index (χ4n) is 9.36. The highest BCUT2D eigenvalue weighted by Gasteiger charge is 2.32. The molecule has 7 rings (SSSR count). The van der Waals surface area contributed by atoms with Gasteiger partial charge < -0.3 is 28.4 Å². The van der Waals surface area contributed by atoms with Crippen molar-refractivity contribution in [1.29, 1.82) is 0 Å². The maximum atomic E-state index is 13.2. The maximum absolute atomic E-state index is 13.2. The number of benzene rings is 5. The van der Waals surface area contributed by atoms with Crippen LogP contribution in [0.25, 0.3) is 0 Å². The minimum absolute atomic E-state index is 0.0147. The Morgan fingerprint density at radius 2 is 0.683 bits per heavy atom. The van der Waals surface area contributed by atoms with E-state index < -0.39 is 40.1 Å². The molecule has 0 aliphatic carbocycles. The summed E-state index contributed by atoms with van der Waals surface area (Å²) >= 11 is 25.8. The van der Waals surface area contributed by atoms with Gasteiger partial charge in [0.05, 0.1) is 111 Å². The van der Waals surface area contributed by atoms with Crippen LogP contribution in [0.4, 0.5) is 0 Å². The second-order valence-corrected chi connectivity index (χ2v) is 27.8. The first-order valence-corrected chi connectivity index (χ1v) is 33.7. The zero-order valence-electron chi connectivity index (χ0n) is 45.3. The van der Waals surface area contributed by atoms with E-state index in [-0.39, 0.29) is 137 Å². The molecule has 0 fully saturated rings. The van der Waals surface area contributed by atoms with Crippen molar-refractivity contribution in [3.63, 3.8) is 0 Å². The van der Waals surface area contributed by atoms with Crippen LogP contribution in [0, 0.1) is 0 Å². The van der Waals surface area contributed by atoms with E-state index in [4.69, 9.17) is 74.8 Å². The number of nitrogens with one attached hydrogen (secondary N) is 4. The first-order valence-electron chi connectivity index (χ1n) is 26.3. The smallest absolute Gasteiger partial charge is 0.240 e. The number of rotatable bonds is 34. The molecule has 2 unspecified atom stereocenters.